The van der Waals surface area contributed by atoms with Crippen LogP contribution < -0.4 is 10.9 Å². The minimum atomic E-state index is -0.262. The van der Waals surface area contributed by atoms with Crippen molar-refractivity contribution in [3.63, 3.8) is 0 Å². The Labute approximate surface area is 181 Å². The zero-order valence-electron chi connectivity index (χ0n) is 18.4. The molecule has 3 heterocycles. The highest BCUT2D eigenvalue weighted by molar-refractivity contribution is 5.77. The van der Waals surface area contributed by atoms with E-state index < -0.39 is 0 Å². The molecule has 0 radical (unpaired) electrons. The number of carbonyl (C=O) groups is 1. The van der Waals surface area contributed by atoms with E-state index in [0.29, 0.717) is 29.4 Å². The molecule has 3 aromatic rings. The van der Waals surface area contributed by atoms with E-state index >= 15 is 0 Å². The lowest BCUT2D eigenvalue weighted by molar-refractivity contribution is -0.121. The van der Waals surface area contributed by atoms with Gasteiger partial charge in [0, 0.05) is 33.2 Å². The van der Waals surface area contributed by atoms with Gasteiger partial charge in [0.15, 0.2) is 5.65 Å². The molecule has 0 saturated carbocycles. The third-order valence-electron chi connectivity index (χ3n) is 5.96. The van der Waals surface area contributed by atoms with Crippen LogP contribution in [0.3, 0.4) is 0 Å². The van der Waals surface area contributed by atoms with Crippen molar-refractivity contribution >= 4 is 16.9 Å². The fourth-order valence-corrected chi connectivity index (χ4v) is 4.63. The SMILES string of the molecule is C[C@@H]1C[C@@H](C)CN(Cc2ccccc2CNC(=O)Cn2cnc3c(cnn3C)c2=O)C1. The highest BCUT2D eigenvalue weighted by Crippen LogP contribution is 2.23. The molecule has 2 atom stereocenters. The summed E-state index contributed by atoms with van der Waals surface area (Å²) >= 11 is 0. The molecule has 0 spiro atoms. The molecule has 2 aromatic heterocycles. The first-order valence-electron chi connectivity index (χ1n) is 10.8. The molecule has 0 unspecified atom stereocenters. The van der Waals surface area contributed by atoms with Crippen LogP contribution in [0, 0.1) is 11.8 Å². The van der Waals surface area contributed by atoms with Crippen LogP contribution in [0.4, 0.5) is 0 Å². The summed E-state index contributed by atoms with van der Waals surface area (Å²) in [6.07, 6.45) is 4.17. The zero-order chi connectivity index (χ0) is 22.0. The second-order valence-corrected chi connectivity index (χ2v) is 8.87. The first-order chi connectivity index (χ1) is 14.9. The molecule has 0 bridgehead atoms. The van der Waals surface area contributed by atoms with Crippen molar-refractivity contribution in [1.29, 1.82) is 0 Å². The van der Waals surface area contributed by atoms with E-state index in [2.05, 4.69) is 46.3 Å². The number of aromatic nitrogens is 4. The van der Waals surface area contributed by atoms with Crippen LogP contribution in [0.25, 0.3) is 11.0 Å². The summed E-state index contributed by atoms with van der Waals surface area (Å²) in [5.41, 5.74) is 2.59. The monoisotopic (exact) mass is 422 g/mol. The summed E-state index contributed by atoms with van der Waals surface area (Å²) in [6, 6.07) is 8.24. The fraction of sp³-hybridized carbons (Fsp3) is 0.478. The maximum absolute atomic E-state index is 12.6. The van der Waals surface area contributed by atoms with Crippen LogP contribution >= 0.6 is 0 Å². The smallest absolute Gasteiger partial charge is 0.264 e. The summed E-state index contributed by atoms with van der Waals surface area (Å²) in [4.78, 5) is 31.9. The largest absolute Gasteiger partial charge is 0.350 e. The van der Waals surface area contributed by atoms with E-state index in [9.17, 15) is 9.59 Å². The van der Waals surface area contributed by atoms with Crippen molar-refractivity contribution < 1.29 is 4.79 Å². The van der Waals surface area contributed by atoms with E-state index in [1.807, 2.05) is 12.1 Å². The van der Waals surface area contributed by atoms with Gasteiger partial charge in [-0.25, -0.2) is 4.98 Å². The van der Waals surface area contributed by atoms with Gasteiger partial charge < -0.3 is 5.32 Å². The van der Waals surface area contributed by atoms with Crippen LogP contribution in [-0.2, 0) is 31.5 Å². The number of fused-ring (bicyclic) bond motifs is 1. The van der Waals surface area contributed by atoms with E-state index in [1.54, 1.807) is 11.7 Å². The topological polar surface area (TPSA) is 85.1 Å². The number of nitrogens with zero attached hydrogens (tertiary/aromatic N) is 5. The predicted molar refractivity (Wildman–Crippen MR) is 119 cm³/mol. The molecule has 1 saturated heterocycles. The lowest BCUT2D eigenvalue weighted by Gasteiger charge is -2.35. The zero-order valence-corrected chi connectivity index (χ0v) is 18.4. The van der Waals surface area contributed by atoms with E-state index in [-0.39, 0.29) is 18.0 Å². The highest BCUT2D eigenvalue weighted by Gasteiger charge is 2.22. The predicted octanol–water partition coefficient (Wildman–Crippen LogP) is 1.92. The van der Waals surface area contributed by atoms with Gasteiger partial charge in [0.2, 0.25) is 5.91 Å². The Kier molecular flexibility index (Phi) is 6.18. The van der Waals surface area contributed by atoms with Crippen LogP contribution in [0.5, 0.6) is 0 Å². The molecule has 31 heavy (non-hydrogen) atoms. The van der Waals surface area contributed by atoms with Crippen LogP contribution in [0.15, 0.2) is 41.6 Å². The summed E-state index contributed by atoms with van der Waals surface area (Å²) in [7, 11) is 1.73. The van der Waals surface area contributed by atoms with Crippen LogP contribution in [0.2, 0.25) is 0 Å². The molecule has 0 aliphatic carbocycles. The second-order valence-electron chi connectivity index (χ2n) is 8.87. The highest BCUT2D eigenvalue weighted by atomic mass is 16.2. The summed E-state index contributed by atoms with van der Waals surface area (Å²) in [5, 5.41) is 7.42. The quantitative estimate of drug-likeness (QED) is 0.656. The lowest BCUT2D eigenvalue weighted by atomic mass is 9.91. The lowest BCUT2D eigenvalue weighted by Crippen LogP contribution is -2.38. The third-order valence-corrected chi connectivity index (χ3v) is 5.96. The number of nitrogens with one attached hydrogen (secondary N) is 1. The van der Waals surface area contributed by atoms with Crippen molar-refractivity contribution in [2.75, 3.05) is 13.1 Å². The summed E-state index contributed by atoms with van der Waals surface area (Å²) in [6.45, 7) is 8.10. The molecule has 1 aliphatic rings. The van der Waals surface area contributed by atoms with Crippen molar-refractivity contribution in [2.24, 2.45) is 18.9 Å². The Morgan fingerprint density at radius 3 is 2.61 bits per heavy atom. The minimum absolute atomic E-state index is 0.0695. The van der Waals surface area contributed by atoms with Gasteiger partial charge in [0.1, 0.15) is 18.3 Å². The van der Waals surface area contributed by atoms with Gasteiger partial charge in [0.05, 0.1) is 6.20 Å². The van der Waals surface area contributed by atoms with Crippen molar-refractivity contribution in [1.82, 2.24) is 29.5 Å². The maximum atomic E-state index is 12.6. The molecule has 1 fully saturated rings. The third kappa shape index (κ3) is 4.85. The number of benzene rings is 1. The second kappa shape index (κ2) is 9.01. The van der Waals surface area contributed by atoms with Gasteiger partial charge in [-0.05, 0) is 29.4 Å². The van der Waals surface area contributed by atoms with Gasteiger partial charge in [-0.1, -0.05) is 38.1 Å². The molecule has 164 valence electrons. The molecular weight excluding hydrogens is 392 g/mol. The Morgan fingerprint density at radius 2 is 1.87 bits per heavy atom. The fourth-order valence-electron chi connectivity index (χ4n) is 4.63. The molecule has 1 aromatic carbocycles. The first-order valence-corrected chi connectivity index (χ1v) is 10.8. The van der Waals surface area contributed by atoms with Crippen molar-refractivity contribution in [3.8, 4) is 0 Å². The van der Waals surface area contributed by atoms with Gasteiger partial charge in [-0.3, -0.25) is 23.7 Å². The Morgan fingerprint density at radius 1 is 1.16 bits per heavy atom. The number of amides is 1. The summed E-state index contributed by atoms with van der Waals surface area (Å²) < 4.78 is 2.86. The molecule has 1 N–H and O–H groups in total. The number of rotatable bonds is 6. The number of aryl methyl sites for hydroxylation is 1. The maximum Gasteiger partial charge on any atom is 0.264 e. The molecule has 1 aliphatic heterocycles. The number of carbonyl (C=O) groups excluding carboxylic acids is 1. The average molecular weight is 423 g/mol. The van der Waals surface area contributed by atoms with E-state index in [1.165, 1.54) is 29.1 Å². The molecule has 1 amide bonds. The van der Waals surface area contributed by atoms with Gasteiger partial charge >= 0.3 is 0 Å². The van der Waals surface area contributed by atoms with Crippen molar-refractivity contribution in [3.05, 3.63) is 58.3 Å². The van der Waals surface area contributed by atoms with Gasteiger partial charge in [-0.15, -0.1) is 0 Å². The number of hydrogen-bond acceptors (Lipinski definition) is 5. The molecule has 8 nitrogen and oxygen atoms in total. The van der Waals surface area contributed by atoms with Gasteiger partial charge in [0.25, 0.3) is 5.56 Å². The minimum Gasteiger partial charge on any atom is -0.350 e. The van der Waals surface area contributed by atoms with E-state index in [0.717, 1.165) is 25.2 Å². The Balaban J connectivity index is 1.40. The standard InChI is InChI=1S/C23H30N6O2/c1-16-8-17(2)12-28(11-16)13-19-7-5-4-6-18(19)9-24-21(30)14-29-15-25-22-20(23(29)31)10-26-27(22)3/h4-7,10,15-17H,8-9,11-14H2,1-3H3,(H,24,30)/t16-,17-/m1/s1. The Hall–Kier alpha value is -3.00. The summed E-state index contributed by atoms with van der Waals surface area (Å²) in [5.74, 6) is 1.20. The number of piperidine rings is 1. The Bertz CT molecular complexity index is 1120. The average Bonchev–Trinajstić information content (AvgIpc) is 3.10. The van der Waals surface area contributed by atoms with Gasteiger partial charge in [-0.2, -0.15) is 5.10 Å². The molecule has 4 rings (SSSR count). The first kappa shape index (κ1) is 21.2. The van der Waals surface area contributed by atoms with Crippen molar-refractivity contribution in [2.45, 2.75) is 39.9 Å². The van der Waals surface area contributed by atoms with E-state index in [4.69, 9.17) is 0 Å². The molecule has 8 heteroatoms. The van der Waals surface area contributed by atoms with Crippen LogP contribution in [0.1, 0.15) is 31.4 Å². The van der Waals surface area contributed by atoms with Crippen LogP contribution in [-0.4, -0.2) is 43.2 Å². The number of hydrogen-bond donors (Lipinski definition) is 1. The normalized spacial score (nSPS) is 19.6. The molecular formula is C23H30N6O2. The number of likely N-dealkylation sites (tertiary alicyclic amines) is 1.